The lowest BCUT2D eigenvalue weighted by Gasteiger charge is -2.29. The monoisotopic (exact) mass is 494 g/mol. The van der Waals surface area contributed by atoms with Crippen LogP contribution < -0.4 is 4.90 Å². The van der Waals surface area contributed by atoms with Crippen molar-refractivity contribution in [3.05, 3.63) is 61.6 Å². The lowest BCUT2D eigenvalue weighted by molar-refractivity contribution is -0.384. The first-order valence-electron chi connectivity index (χ1n) is 9.96. The minimum atomic E-state index is -0.550. The van der Waals surface area contributed by atoms with E-state index in [9.17, 15) is 14.9 Å². The first kappa shape index (κ1) is 22.9. The number of nitrogens with zero attached hydrogens (tertiary/aromatic N) is 4. The highest BCUT2D eigenvalue weighted by Crippen LogP contribution is 2.36. The number of benzene rings is 2. The molecule has 2 heterocycles. The van der Waals surface area contributed by atoms with Crippen LogP contribution in [0.4, 0.5) is 10.8 Å². The molecule has 1 aliphatic heterocycles. The molecule has 3 aromatic rings. The van der Waals surface area contributed by atoms with Gasteiger partial charge in [-0.25, -0.2) is 4.98 Å². The molecule has 0 N–H and O–H groups in total. The summed E-state index contributed by atoms with van der Waals surface area (Å²) in [7, 11) is 0. The van der Waals surface area contributed by atoms with E-state index in [1.165, 1.54) is 34.4 Å². The van der Waals surface area contributed by atoms with E-state index in [4.69, 9.17) is 27.9 Å². The Morgan fingerprint density at radius 1 is 1.25 bits per heavy atom. The summed E-state index contributed by atoms with van der Waals surface area (Å²) in [5.74, 6) is -0.445. The number of carbonyl (C=O) groups excluding carboxylic acids is 1. The number of ether oxygens (including phenoxy) is 1. The zero-order valence-corrected chi connectivity index (χ0v) is 19.5. The molecule has 168 valence electrons. The number of non-ortho nitro benzene ring substituents is 1. The fraction of sp³-hybridized carbons (Fsp3) is 0.333. The molecule has 1 amide bonds. The van der Waals surface area contributed by atoms with Crippen LogP contribution in [-0.4, -0.2) is 60.1 Å². The van der Waals surface area contributed by atoms with Crippen molar-refractivity contribution in [3.8, 4) is 0 Å². The zero-order chi connectivity index (χ0) is 22.8. The van der Waals surface area contributed by atoms with Crippen molar-refractivity contribution in [1.82, 2.24) is 9.88 Å². The van der Waals surface area contributed by atoms with Gasteiger partial charge in [-0.1, -0.05) is 40.6 Å². The molecule has 0 atom stereocenters. The smallest absolute Gasteiger partial charge is 0.270 e. The summed E-state index contributed by atoms with van der Waals surface area (Å²) < 4.78 is 6.18. The molecule has 32 heavy (non-hydrogen) atoms. The molecule has 1 aromatic heterocycles. The lowest BCUT2D eigenvalue weighted by Crippen LogP contribution is -2.43. The van der Waals surface area contributed by atoms with E-state index < -0.39 is 10.8 Å². The molecule has 0 spiro atoms. The number of anilines is 1. The van der Waals surface area contributed by atoms with Crippen LogP contribution in [0, 0.1) is 17.0 Å². The number of aryl methyl sites for hydroxylation is 1. The average Bonchev–Trinajstić information content (AvgIpc) is 3.24. The van der Waals surface area contributed by atoms with Crippen LogP contribution in [0.25, 0.3) is 10.2 Å². The van der Waals surface area contributed by atoms with Gasteiger partial charge in [0.25, 0.3) is 11.6 Å². The number of nitro groups is 1. The number of rotatable bonds is 6. The number of nitro benzene ring substituents is 1. The van der Waals surface area contributed by atoms with Gasteiger partial charge in [-0.3, -0.25) is 24.7 Å². The van der Waals surface area contributed by atoms with Gasteiger partial charge in [-0.05, 0) is 24.6 Å². The maximum Gasteiger partial charge on any atom is 0.270 e. The van der Waals surface area contributed by atoms with E-state index in [1.807, 2.05) is 13.0 Å². The maximum absolute atomic E-state index is 13.6. The minimum Gasteiger partial charge on any atom is -0.379 e. The number of thiazole rings is 1. The maximum atomic E-state index is 13.6. The van der Waals surface area contributed by atoms with Gasteiger partial charge < -0.3 is 4.74 Å². The van der Waals surface area contributed by atoms with E-state index in [0.717, 1.165) is 28.9 Å². The highest BCUT2D eigenvalue weighted by molar-refractivity contribution is 7.23. The first-order valence-corrected chi connectivity index (χ1v) is 11.5. The number of hydrogen-bond donors (Lipinski definition) is 0. The Morgan fingerprint density at radius 2 is 1.97 bits per heavy atom. The predicted octanol–water partition coefficient (Wildman–Crippen LogP) is 4.80. The standard InChI is InChI=1S/C21H20Cl2N4O4S/c1-13-2-4-17(23)19-18(13)24-21(32-19)26(7-6-25-8-10-31-11-9-25)20(28)15-12-14(27(29)30)3-5-16(15)22/h2-5,12H,6-11H2,1H3. The summed E-state index contributed by atoms with van der Waals surface area (Å²) in [4.78, 5) is 32.7. The number of aromatic nitrogens is 1. The SMILES string of the molecule is Cc1ccc(Cl)c2sc(N(CCN3CCOCC3)C(=O)c3cc([N+](=O)[O-])ccc3Cl)nc12. The van der Waals surface area contributed by atoms with Crippen molar-refractivity contribution in [2.75, 3.05) is 44.3 Å². The summed E-state index contributed by atoms with van der Waals surface area (Å²) in [6.07, 6.45) is 0. The third-order valence-electron chi connectivity index (χ3n) is 5.30. The van der Waals surface area contributed by atoms with Crippen LogP contribution >= 0.6 is 34.5 Å². The van der Waals surface area contributed by atoms with Gasteiger partial charge in [0.1, 0.15) is 0 Å². The van der Waals surface area contributed by atoms with Gasteiger partial charge in [0.05, 0.1) is 44.0 Å². The van der Waals surface area contributed by atoms with Crippen molar-refractivity contribution in [3.63, 3.8) is 0 Å². The largest absolute Gasteiger partial charge is 0.379 e. The highest BCUT2D eigenvalue weighted by atomic mass is 35.5. The van der Waals surface area contributed by atoms with Crippen LogP contribution in [0.15, 0.2) is 30.3 Å². The minimum absolute atomic E-state index is 0.0601. The summed E-state index contributed by atoms with van der Waals surface area (Å²) >= 11 is 14.0. The number of carbonyl (C=O) groups is 1. The first-order chi connectivity index (χ1) is 15.3. The molecule has 0 saturated carbocycles. The molecule has 1 saturated heterocycles. The summed E-state index contributed by atoms with van der Waals surface area (Å²) in [6, 6.07) is 7.53. The fourth-order valence-corrected chi connectivity index (χ4v) is 5.03. The van der Waals surface area contributed by atoms with Crippen LogP contribution in [0.5, 0.6) is 0 Å². The molecule has 0 bridgehead atoms. The number of fused-ring (bicyclic) bond motifs is 1. The molecule has 1 fully saturated rings. The molecule has 0 radical (unpaired) electrons. The zero-order valence-electron chi connectivity index (χ0n) is 17.2. The molecule has 1 aliphatic rings. The predicted molar refractivity (Wildman–Crippen MR) is 126 cm³/mol. The van der Waals surface area contributed by atoms with Crippen molar-refractivity contribution in [1.29, 1.82) is 0 Å². The molecule has 8 nitrogen and oxygen atoms in total. The van der Waals surface area contributed by atoms with Gasteiger partial charge in [-0.15, -0.1) is 0 Å². The van der Waals surface area contributed by atoms with Crippen molar-refractivity contribution in [2.24, 2.45) is 0 Å². The number of morpholine rings is 1. The van der Waals surface area contributed by atoms with Crippen molar-refractivity contribution < 1.29 is 14.5 Å². The Kier molecular flexibility index (Phi) is 6.92. The molecular weight excluding hydrogens is 475 g/mol. The molecule has 4 rings (SSSR count). The number of hydrogen-bond acceptors (Lipinski definition) is 7. The van der Waals surface area contributed by atoms with E-state index in [1.54, 1.807) is 6.07 Å². The number of amides is 1. The van der Waals surface area contributed by atoms with Crippen LogP contribution in [0.1, 0.15) is 15.9 Å². The Bertz CT molecular complexity index is 1140. The molecule has 11 heteroatoms. The van der Waals surface area contributed by atoms with Crippen LogP contribution in [0.2, 0.25) is 10.0 Å². The van der Waals surface area contributed by atoms with Gasteiger partial charge in [0.15, 0.2) is 5.13 Å². The van der Waals surface area contributed by atoms with Gasteiger partial charge in [0.2, 0.25) is 0 Å². The lowest BCUT2D eigenvalue weighted by atomic mass is 10.1. The molecular formula is C21H20Cl2N4O4S. The van der Waals surface area contributed by atoms with Crippen LogP contribution in [0.3, 0.4) is 0 Å². The fourth-order valence-electron chi connectivity index (χ4n) is 3.49. The third-order valence-corrected chi connectivity index (χ3v) is 7.16. The molecule has 2 aromatic carbocycles. The normalized spacial score (nSPS) is 14.6. The Hall–Kier alpha value is -2.30. The van der Waals surface area contributed by atoms with E-state index >= 15 is 0 Å². The Labute approximate surface area is 198 Å². The summed E-state index contributed by atoms with van der Waals surface area (Å²) in [5, 5.41) is 12.4. The average molecular weight is 495 g/mol. The van der Waals surface area contributed by atoms with Gasteiger partial charge in [-0.2, -0.15) is 0 Å². The second-order valence-electron chi connectivity index (χ2n) is 7.37. The second-order valence-corrected chi connectivity index (χ2v) is 9.16. The van der Waals surface area contributed by atoms with Crippen LogP contribution in [-0.2, 0) is 4.74 Å². The topological polar surface area (TPSA) is 88.8 Å². The molecule has 0 aliphatic carbocycles. The van der Waals surface area contributed by atoms with E-state index in [0.29, 0.717) is 36.5 Å². The van der Waals surface area contributed by atoms with E-state index in [2.05, 4.69) is 9.88 Å². The van der Waals surface area contributed by atoms with Crippen molar-refractivity contribution >= 4 is 61.5 Å². The third kappa shape index (κ3) is 4.72. The Morgan fingerprint density at radius 3 is 2.66 bits per heavy atom. The highest BCUT2D eigenvalue weighted by Gasteiger charge is 2.26. The summed E-state index contributed by atoms with van der Waals surface area (Å²) in [5.41, 5.74) is 1.53. The summed E-state index contributed by atoms with van der Waals surface area (Å²) in [6.45, 7) is 5.69. The second kappa shape index (κ2) is 9.68. The van der Waals surface area contributed by atoms with Gasteiger partial charge in [0, 0.05) is 38.3 Å². The van der Waals surface area contributed by atoms with Gasteiger partial charge >= 0.3 is 0 Å². The van der Waals surface area contributed by atoms with Crippen molar-refractivity contribution in [2.45, 2.75) is 6.92 Å². The Balaban J connectivity index is 1.73. The molecule has 0 unspecified atom stereocenters. The quantitative estimate of drug-likeness (QED) is 0.361. The van der Waals surface area contributed by atoms with E-state index in [-0.39, 0.29) is 16.3 Å². The number of halogens is 2.